The summed E-state index contributed by atoms with van der Waals surface area (Å²) in [7, 11) is 0. The van der Waals surface area contributed by atoms with E-state index in [1.54, 1.807) is 0 Å². The maximum absolute atomic E-state index is 10.1. The number of hydrogen-bond donors (Lipinski definition) is 1. The molecule has 0 heterocycles. The van der Waals surface area contributed by atoms with Crippen LogP contribution in [0.2, 0.25) is 0 Å². The van der Waals surface area contributed by atoms with E-state index in [1.807, 2.05) is 0 Å². The van der Waals surface area contributed by atoms with Gasteiger partial charge >= 0.3 is 0 Å². The first kappa shape index (κ1) is 13.1. The fourth-order valence-corrected chi connectivity index (χ4v) is 0.248. The van der Waals surface area contributed by atoms with Crippen molar-refractivity contribution in [2.75, 3.05) is 0 Å². The molecular weight excluding hydrogens is 164 g/mol. The molecule has 0 amide bonds. The van der Waals surface area contributed by atoms with E-state index in [9.17, 15) is 14.4 Å². The van der Waals surface area contributed by atoms with Gasteiger partial charge in [0.15, 0.2) is 0 Å². The topological polar surface area (TPSA) is 88.5 Å². The molecule has 0 bridgehead atoms. The van der Waals surface area contributed by atoms with Crippen LogP contribution in [-0.2, 0) is 19.2 Å². The highest BCUT2D eigenvalue weighted by atomic mass is 16.4. The van der Waals surface area contributed by atoms with Gasteiger partial charge in [0.2, 0.25) is 11.6 Å². The zero-order valence-corrected chi connectivity index (χ0v) is 7.08. The van der Waals surface area contributed by atoms with E-state index in [4.69, 9.17) is 9.90 Å². The predicted molar refractivity (Wildman–Crippen MR) is 39.7 cm³/mol. The van der Waals surface area contributed by atoms with Crippen LogP contribution in [0.25, 0.3) is 0 Å². The van der Waals surface area contributed by atoms with Crippen molar-refractivity contribution in [2.45, 2.75) is 20.8 Å². The fraction of sp³-hybridized carbons (Fsp3) is 0.429. The molecule has 0 aromatic carbocycles. The lowest BCUT2D eigenvalue weighted by molar-refractivity contribution is -0.142. The molecule has 0 spiro atoms. The molecule has 0 aliphatic rings. The molecule has 5 nitrogen and oxygen atoms in total. The smallest absolute Gasteiger partial charge is 0.300 e. The van der Waals surface area contributed by atoms with E-state index >= 15 is 0 Å². The van der Waals surface area contributed by atoms with Gasteiger partial charge in [-0.1, -0.05) is 0 Å². The van der Waals surface area contributed by atoms with Gasteiger partial charge in [0, 0.05) is 20.8 Å². The Morgan fingerprint density at radius 1 is 0.833 bits per heavy atom. The Bertz CT molecular complexity index is 196. The van der Waals surface area contributed by atoms with E-state index in [0.717, 1.165) is 20.8 Å². The van der Waals surface area contributed by atoms with Crippen molar-refractivity contribution < 1.29 is 24.3 Å². The Morgan fingerprint density at radius 3 is 1.00 bits per heavy atom. The first-order valence-corrected chi connectivity index (χ1v) is 3.04. The van der Waals surface area contributed by atoms with Crippen molar-refractivity contribution >= 4 is 23.3 Å². The summed E-state index contributed by atoms with van der Waals surface area (Å²) in [4.78, 5) is 39.2. The number of carbonyl (C=O) groups excluding carboxylic acids is 3. The van der Waals surface area contributed by atoms with Gasteiger partial charge in [-0.25, -0.2) is 0 Å². The van der Waals surface area contributed by atoms with Gasteiger partial charge in [0.25, 0.3) is 11.8 Å². The van der Waals surface area contributed by atoms with Crippen LogP contribution in [-0.4, -0.2) is 28.4 Å². The number of ketones is 3. The highest BCUT2D eigenvalue weighted by Crippen LogP contribution is 1.75. The third-order valence-electron chi connectivity index (χ3n) is 0.640. The molecule has 1 N–H and O–H groups in total. The molecule has 0 aromatic heterocycles. The van der Waals surface area contributed by atoms with Gasteiger partial charge in [0.1, 0.15) is 0 Å². The molecule has 0 saturated heterocycles. The van der Waals surface area contributed by atoms with Crippen molar-refractivity contribution in [3.8, 4) is 0 Å². The first-order chi connectivity index (χ1) is 5.29. The number of carboxylic acids is 1. The first-order valence-electron chi connectivity index (χ1n) is 3.04. The molecule has 12 heavy (non-hydrogen) atoms. The van der Waals surface area contributed by atoms with E-state index in [2.05, 4.69) is 0 Å². The molecule has 0 unspecified atom stereocenters. The standard InChI is InChI=1S/C5H6O3.C2H4O2/c1-3(6)5(8)4(2)7;1-2(3)4/h1-2H3;1H3,(H,3,4). The zero-order valence-electron chi connectivity index (χ0n) is 7.08. The number of carbonyl (C=O) groups is 4. The Balaban J connectivity index is 0. The van der Waals surface area contributed by atoms with Gasteiger partial charge < -0.3 is 5.11 Å². The molecule has 0 aliphatic carbocycles. The third kappa shape index (κ3) is 11.3. The van der Waals surface area contributed by atoms with Crippen molar-refractivity contribution in [3.05, 3.63) is 0 Å². The van der Waals surface area contributed by atoms with Crippen molar-refractivity contribution in [1.82, 2.24) is 0 Å². The molecule has 0 aromatic rings. The molecule has 68 valence electrons. The maximum atomic E-state index is 10.1. The van der Waals surface area contributed by atoms with E-state index in [0.29, 0.717) is 0 Å². The lowest BCUT2D eigenvalue weighted by Gasteiger charge is -1.81. The number of aliphatic carboxylic acids is 1. The third-order valence-corrected chi connectivity index (χ3v) is 0.640. The molecular formula is C7H10O5. The summed E-state index contributed by atoms with van der Waals surface area (Å²) in [6.07, 6.45) is 0. The van der Waals surface area contributed by atoms with Crippen LogP contribution in [0.15, 0.2) is 0 Å². The summed E-state index contributed by atoms with van der Waals surface area (Å²) in [5, 5.41) is 7.42. The Labute approximate surface area is 69.4 Å². The Hall–Kier alpha value is -1.52. The molecule has 0 saturated carbocycles. The van der Waals surface area contributed by atoms with Crippen LogP contribution in [0.5, 0.6) is 0 Å². The molecule has 0 radical (unpaired) electrons. The molecule has 0 aliphatic heterocycles. The Kier molecular flexibility index (Phi) is 6.77. The minimum absolute atomic E-state index is 0.697. The highest BCUT2D eigenvalue weighted by molar-refractivity contribution is 6.62. The quantitative estimate of drug-likeness (QED) is 0.463. The number of carboxylic acid groups (broad SMARTS) is 1. The van der Waals surface area contributed by atoms with Crippen molar-refractivity contribution in [1.29, 1.82) is 0 Å². The Morgan fingerprint density at radius 2 is 1.00 bits per heavy atom. The number of hydrogen-bond acceptors (Lipinski definition) is 4. The second kappa shape index (κ2) is 6.21. The predicted octanol–water partition coefficient (Wildman–Crippen LogP) is -0.176. The highest BCUT2D eigenvalue weighted by Gasteiger charge is 2.11. The van der Waals surface area contributed by atoms with Crippen LogP contribution < -0.4 is 0 Å². The average molecular weight is 174 g/mol. The van der Waals surface area contributed by atoms with Crippen LogP contribution in [0.1, 0.15) is 20.8 Å². The van der Waals surface area contributed by atoms with Gasteiger partial charge in [-0.3, -0.25) is 19.2 Å². The summed E-state index contributed by atoms with van der Waals surface area (Å²) in [5.41, 5.74) is 0. The monoisotopic (exact) mass is 174 g/mol. The summed E-state index contributed by atoms with van der Waals surface area (Å²) in [6.45, 7) is 3.23. The second-order valence-corrected chi connectivity index (χ2v) is 1.96. The minimum Gasteiger partial charge on any atom is -0.481 e. The molecule has 0 fully saturated rings. The summed E-state index contributed by atoms with van der Waals surface area (Å²) in [6, 6.07) is 0. The van der Waals surface area contributed by atoms with E-state index in [-0.39, 0.29) is 0 Å². The fourth-order valence-electron chi connectivity index (χ4n) is 0.248. The van der Waals surface area contributed by atoms with Crippen molar-refractivity contribution in [3.63, 3.8) is 0 Å². The van der Waals surface area contributed by atoms with Crippen molar-refractivity contribution in [2.24, 2.45) is 0 Å². The zero-order chi connectivity index (χ0) is 10.3. The van der Waals surface area contributed by atoms with Crippen LogP contribution in [0, 0.1) is 0 Å². The normalized spacial score (nSPS) is 7.58. The largest absolute Gasteiger partial charge is 0.481 e. The minimum atomic E-state index is -0.926. The summed E-state index contributed by atoms with van der Waals surface area (Å²) >= 11 is 0. The molecule has 0 atom stereocenters. The molecule has 5 heteroatoms. The van der Waals surface area contributed by atoms with Crippen LogP contribution in [0.3, 0.4) is 0 Å². The van der Waals surface area contributed by atoms with E-state index in [1.165, 1.54) is 0 Å². The van der Waals surface area contributed by atoms with Crippen LogP contribution in [0.4, 0.5) is 0 Å². The number of Topliss-reactive ketones (excluding diaryl/α,β-unsaturated/α-hetero) is 3. The van der Waals surface area contributed by atoms with Gasteiger partial charge in [-0.2, -0.15) is 0 Å². The maximum Gasteiger partial charge on any atom is 0.300 e. The van der Waals surface area contributed by atoms with Gasteiger partial charge in [0.05, 0.1) is 0 Å². The van der Waals surface area contributed by atoms with E-state index < -0.39 is 23.3 Å². The van der Waals surface area contributed by atoms with Gasteiger partial charge in [-0.15, -0.1) is 0 Å². The lowest BCUT2D eigenvalue weighted by Crippen LogP contribution is -2.17. The second-order valence-electron chi connectivity index (χ2n) is 1.96. The SMILES string of the molecule is CC(=O)C(=O)C(C)=O.CC(=O)O. The average Bonchev–Trinajstić information content (AvgIpc) is 1.84. The summed E-state index contributed by atoms with van der Waals surface area (Å²) < 4.78 is 0. The number of rotatable bonds is 2. The summed E-state index contributed by atoms with van der Waals surface area (Å²) in [5.74, 6) is -3.15. The van der Waals surface area contributed by atoms with Crippen LogP contribution >= 0.6 is 0 Å². The lowest BCUT2D eigenvalue weighted by atomic mass is 10.2. The molecule has 0 rings (SSSR count). The van der Waals surface area contributed by atoms with Gasteiger partial charge in [-0.05, 0) is 0 Å².